The molecule has 1 N–H and O–H groups in total. The molecular formula is C17H23N3O3. The van der Waals surface area contributed by atoms with Crippen LogP contribution in [0.25, 0.3) is 0 Å². The summed E-state index contributed by atoms with van der Waals surface area (Å²) >= 11 is 0. The van der Waals surface area contributed by atoms with Crippen molar-refractivity contribution in [3.05, 3.63) is 53.3 Å². The molecule has 0 aliphatic heterocycles. The summed E-state index contributed by atoms with van der Waals surface area (Å²) in [6.07, 6.45) is -0.734. The third-order valence-electron chi connectivity index (χ3n) is 3.47. The van der Waals surface area contributed by atoms with Crippen LogP contribution in [0.3, 0.4) is 0 Å². The van der Waals surface area contributed by atoms with Gasteiger partial charge in [-0.15, -0.1) is 0 Å². The lowest BCUT2D eigenvalue weighted by Gasteiger charge is -2.20. The first-order valence-electron chi connectivity index (χ1n) is 7.53. The van der Waals surface area contributed by atoms with Crippen molar-refractivity contribution < 1.29 is 14.6 Å². The van der Waals surface area contributed by atoms with E-state index in [1.165, 1.54) is 4.90 Å². The second-order valence-corrected chi connectivity index (χ2v) is 5.63. The molecule has 1 atom stereocenters. The standard InChI is InChI=1S/C17H23N3O3/c1-13-9-16(20(3)18-13)17(22)19(2)10-15(21)12-23-11-14-7-5-4-6-8-14/h4-9,15,21H,10-12H2,1-3H3. The second kappa shape index (κ2) is 7.89. The van der Waals surface area contributed by atoms with Crippen molar-refractivity contribution in [1.29, 1.82) is 0 Å². The topological polar surface area (TPSA) is 67.6 Å². The zero-order valence-electron chi connectivity index (χ0n) is 13.8. The summed E-state index contributed by atoms with van der Waals surface area (Å²) in [4.78, 5) is 13.8. The van der Waals surface area contributed by atoms with Crippen molar-refractivity contribution >= 4 is 5.91 Å². The van der Waals surface area contributed by atoms with Crippen LogP contribution in [-0.4, -0.2) is 52.0 Å². The molecule has 0 fully saturated rings. The van der Waals surface area contributed by atoms with Crippen molar-refractivity contribution in [2.24, 2.45) is 7.05 Å². The number of aliphatic hydroxyl groups is 1. The van der Waals surface area contributed by atoms with Gasteiger partial charge in [-0.05, 0) is 18.6 Å². The van der Waals surface area contributed by atoms with Gasteiger partial charge in [-0.25, -0.2) is 0 Å². The fourth-order valence-corrected chi connectivity index (χ4v) is 2.35. The molecule has 2 rings (SSSR count). The highest BCUT2D eigenvalue weighted by atomic mass is 16.5. The van der Waals surface area contributed by atoms with Crippen LogP contribution in [0.1, 0.15) is 21.7 Å². The summed E-state index contributed by atoms with van der Waals surface area (Å²) in [6.45, 7) is 2.66. The van der Waals surface area contributed by atoms with Gasteiger partial charge in [-0.3, -0.25) is 9.48 Å². The van der Waals surface area contributed by atoms with Crippen molar-refractivity contribution in [2.45, 2.75) is 19.6 Å². The van der Waals surface area contributed by atoms with Gasteiger partial charge < -0.3 is 14.7 Å². The van der Waals surface area contributed by atoms with Gasteiger partial charge in [0, 0.05) is 20.6 Å². The first kappa shape index (κ1) is 17.2. The second-order valence-electron chi connectivity index (χ2n) is 5.63. The quantitative estimate of drug-likeness (QED) is 0.838. The third kappa shape index (κ3) is 4.91. The van der Waals surface area contributed by atoms with Crippen molar-refractivity contribution in [3.8, 4) is 0 Å². The lowest BCUT2D eigenvalue weighted by atomic mass is 10.2. The Labute approximate surface area is 136 Å². The van der Waals surface area contributed by atoms with Crippen LogP contribution in [0.15, 0.2) is 36.4 Å². The van der Waals surface area contributed by atoms with Gasteiger partial charge in [-0.2, -0.15) is 5.10 Å². The Morgan fingerprint density at radius 2 is 2.09 bits per heavy atom. The molecule has 0 radical (unpaired) electrons. The van der Waals surface area contributed by atoms with Crippen LogP contribution in [0.4, 0.5) is 0 Å². The number of benzene rings is 1. The van der Waals surface area contributed by atoms with Gasteiger partial charge in [0.15, 0.2) is 0 Å². The van der Waals surface area contributed by atoms with Crippen LogP contribution in [0.5, 0.6) is 0 Å². The molecule has 0 aliphatic rings. The molecule has 1 amide bonds. The molecule has 0 spiro atoms. The first-order valence-corrected chi connectivity index (χ1v) is 7.53. The molecule has 1 aromatic carbocycles. The molecule has 1 aromatic heterocycles. The van der Waals surface area contributed by atoms with Crippen molar-refractivity contribution in [3.63, 3.8) is 0 Å². The summed E-state index contributed by atoms with van der Waals surface area (Å²) in [5, 5.41) is 14.2. The SMILES string of the molecule is Cc1cc(C(=O)N(C)CC(O)COCc2ccccc2)n(C)n1. The highest BCUT2D eigenvalue weighted by Gasteiger charge is 2.19. The Bertz CT molecular complexity index is 640. The number of ether oxygens (including phenoxy) is 1. The number of likely N-dealkylation sites (N-methyl/N-ethyl adjacent to an activating group) is 1. The lowest BCUT2D eigenvalue weighted by Crippen LogP contribution is -2.37. The monoisotopic (exact) mass is 317 g/mol. The van der Waals surface area contributed by atoms with Gasteiger partial charge >= 0.3 is 0 Å². The fraction of sp³-hybridized carbons (Fsp3) is 0.412. The number of hydrogen-bond donors (Lipinski definition) is 1. The average Bonchev–Trinajstić information content (AvgIpc) is 2.86. The smallest absolute Gasteiger partial charge is 0.271 e. The number of carbonyl (C=O) groups excluding carboxylic acids is 1. The number of nitrogens with zero attached hydrogens (tertiary/aromatic N) is 3. The maximum Gasteiger partial charge on any atom is 0.271 e. The minimum atomic E-state index is -0.734. The molecule has 0 aliphatic carbocycles. The average molecular weight is 317 g/mol. The molecule has 1 unspecified atom stereocenters. The molecule has 0 bridgehead atoms. The Balaban J connectivity index is 1.79. The van der Waals surface area contributed by atoms with Gasteiger partial charge in [0.2, 0.25) is 0 Å². The summed E-state index contributed by atoms with van der Waals surface area (Å²) in [7, 11) is 3.39. The predicted octanol–water partition coefficient (Wildman–Crippen LogP) is 1.38. The van der Waals surface area contributed by atoms with E-state index >= 15 is 0 Å². The number of hydrogen-bond acceptors (Lipinski definition) is 4. The van der Waals surface area contributed by atoms with Crippen molar-refractivity contribution in [1.82, 2.24) is 14.7 Å². The van der Waals surface area contributed by atoms with E-state index in [1.807, 2.05) is 37.3 Å². The number of rotatable bonds is 7. The van der Waals surface area contributed by atoms with E-state index in [-0.39, 0.29) is 19.1 Å². The normalized spacial score (nSPS) is 12.2. The van der Waals surface area contributed by atoms with Crippen molar-refractivity contribution in [2.75, 3.05) is 20.2 Å². The number of aromatic nitrogens is 2. The van der Waals surface area contributed by atoms with Crippen LogP contribution in [0, 0.1) is 6.92 Å². The largest absolute Gasteiger partial charge is 0.389 e. The maximum atomic E-state index is 12.3. The number of carbonyl (C=O) groups is 1. The Kier molecular flexibility index (Phi) is 5.90. The lowest BCUT2D eigenvalue weighted by molar-refractivity contribution is 0.0135. The molecule has 6 nitrogen and oxygen atoms in total. The van der Waals surface area contributed by atoms with Gasteiger partial charge in [0.1, 0.15) is 5.69 Å². The summed E-state index contributed by atoms with van der Waals surface area (Å²) in [6, 6.07) is 11.5. The van der Waals surface area contributed by atoms with Crippen LogP contribution in [-0.2, 0) is 18.4 Å². The zero-order valence-corrected chi connectivity index (χ0v) is 13.8. The zero-order chi connectivity index (χ0) is 16.8. The first-order chi connectivity index (χ1) is 11.0. The van der Waals surface area contributed by atoms with E-state index in [0.29, 0.717) is 12.3 Å². The summed E-state index contributed by atoms with van der Waals surface area (Å²) in [5.74, 6) is -0.171. The minimum Gasteiger partial charge on any atom is -0.389 e. The third-order valence-corrected chi connectivity index (χ3v) is 3.47. The van der Waals surface area contributed by atoms with Crippen LogP contribution in [0.2, 0.25) is 0 Å². The van der Waals surface area contributed by atoms with E-state index in [2.05, 4.69) is 5.10 Å². The van der Waals surface area contributed by atoms with Crippen LogP contribution >= 0.6 is 0 Å². The maximum absolute atomic E-state index is 12.3. The van der Waals surface area contributed by atoms with E-state index in [1.54, 1.807) is 24.8 Å². The minimum absolute atomic E-state index is 0.171. The van der Waals surface area contributed by atoms with E-state index in [4.69, 9.17) is 4.74 Å². The number of amides is 1. The highest BCUT2D eigenvalue weighted by molar-refractivity contribution is 5.92. The summed E-state index contributed by atoms with van der Waals surface area (Å²) in [5.41, 5.74) is 2.34. The molecular weight excluding hydrogens is 294 g/mol. The molecule has 1 heterocycles. The Morgan fingerprint density at radius 1 is 1.39 bits per heavy atom. The number of aryl methyl sites for hydroxylation is 2. The molecule has 23 heavy (non-hydrogen) atoms. The highest BCUT2D eigenvalue weighted by Crippen LogP contribution is 2.06. The molecule has 0 saturated heterocycles. The Morgan fingerprint density at radius 3 is 2.70 bits per heavy atom. The van der Waals surface area contributed by atoms with E-state index in [9.17, 15) is 9.90 Å². The molecule has 6 heteroatoms. The Hall–Kier alpha value is -2.18. The predicted molar refractivity (Wildman–Crippen MR) is 87.0 cm³/mol. The molecule has 0 saturated carbocycles. The van der Waals surface area contributed by atoms with Crippen LogP contribution < -0.4 is 0 Å². The van der Waals surface area contributed by atoms with E-state index < -0.39 is 6.10 Å². The van der Waals surface area contributed by atoms with Gasteiger partial charge in [-0.1, -0.05) is 30.3 Å². The molecule has 124 valence electrons. The fourth-order valence-electron chi connectivity index (χ4n) is 2.35. The van der Waals surface area contributed by atoms with Gasteiger partial charge in [0.05, 0.1) is 25.0 Å². The summed E-state index contributed by atoms with van der Waals surface area (Å²) < 4.78 is 7.04. The number of aliphatic hydroxyl groups excluding tert-OH is 1. The molecule has 2 aromatic rings. The van der Waals surface area contributed by atoms with E-state index in [0.717, 1.165) is 11.3 Å². The van der Waals surface area contributed by atoms with Gasteiger partial charge in [0.25, 0.3) is 5.91 Å².